The number of aliphatic hydroxyl groups is 1. The van der Waals surface area contributed by atoms with Crippen molar-refractivity contribution in [1.82, 2.24) is 4.98 Å². The van der Waals surface area contributed by atoms with Crippen LogP contribution in [0.3, 0.4) is 0 Å². The van der Waals surface area contributed by atoms with Gasteiger partial charge in [0.15, 0.2) is 5.13 Å². The zero-order valence-corrected chi connectivity index (χ0v) is 22.2. The number of carbonyl (C=O) groups excluding carboxylic acids is 2. The largest absolute Gasteiger partial charge is 0.507 e. The minimum atomic E-state index is -0.886. The first-order valence-electron chi connectivity index (χ1n) is 12.2. The molecule has 1 aromatic heterocycles. The Hall–Kier alpha value is -3.88. The molecule has 4 aromatic rings. The highest BCUT2D eigenvalue weighted by Gasteiger charge is 2.48. The van der Waals surface area contributed by atoms with Gasteiger partial charge in [0.25, 0.3) is 5.78 Å². The number of halogens is 1. The molecule has 0 spiro atoms. The van der Waals surface area contributed by atoms with Gasteiger partial charge in [-0.2, -0.15) is 0 Å². The van der Waals surface area contributed by atoms with Crippen LogP contribution in [0.2, 0.25) is 5.02 Å². The van der Waals surface area contributed by atoms with Gasteiger partial charge in [-0.05, 0) is 73.5 Å². The van der Waals surface area contributed by atoms with E-state index in [1.54, 1.807) is 36.4 Å². The van der Waals surface area contributed by atoms with Crippen LogP contribution in [0.5, 0.6) is 11.5 Å². The number of rotatable bonds is 5. The van der Waals surface area contributed by atoms with Crippen molar-refractivity contribution in [3.05, 3.63) is 87.9 Å². The van der Waals surface area contributed by atoms with Gasteiger partial charge in [-0.1, -0.05) is 35.1 Å². The molecule has 2 aliphatic rings. The zero-order chi connectivity index (χ0) is 26.6. The number of ether oxygens (including phenoxy) is 2. The van der Waals surface area contributed by atoms with Crippen molar-refractivity contribution in [2.24, 2.45) is 0 Å². The lowest BCUT2D eigenvalue weighted by atomic mass is 9.94. The first-order valence-corrected chi connectivity index (χ1v) is 13.4. The molecule has 6 rings (SSSR count). The molecule has 192 valence electrons. The van der Waals surface area contributed by atoms with E-state index in [0.717, 1.165) is 16.0 Å². The Kier molecular flexibility index (Phi) is 6.08. The molecule has 9 heteroatoms. The first kappa shape index (κ1) is 24.5. The van der Waals surface area contributed by atoms with Gasteiger partial charge >= 0.3 is 5.91 Å². The van der Waals surface area contributed by atoms with Crippen LogP contribution in [-0.2, 0) is 16.0 Å². The summed E-state index contributed by atoms with van der Waals surface area (Å²) in [6.07, 6.45) is 0.727. The van der Waals surface area contributed by atoms with Crippen LogP contribution in [0, 0.1) is 0 Å². The molecular weight excluding hydrogens is 524 g/mol. The lowest BCUT2D eigenvalue weighted by Crippen LogP contribution is -2.29. The van der Waals surface area contributed by atoms with Crippen LogP contribution in [0.25, 0.3) is 16.0 Å². The number of thiazole rings is 1. The maximum Gasteiger partial charge on any atom is 0.301 e. The molecule has 3 aromatic carbocycles. The molecule has 2 aliphatic heterocycles. The summed E-state index contributed by atoms with van der Waals surface area (Å²) in [5.74, 6) is -0.325. The number of Topliss-reactive ketones (excluding diaryl/α,β-unsaturated/α-hetero) is 1. The van der Waals surface area contributed by atoms with Crippen LogP contribution < -0.4 is 14.4 Å². The van der Waals surface area contributed by atoms with Crippen molar-refractivity contribution < 1.29 is 24.2 Å². The van der Waals surface area contributed by atoms with Crippen molar-refractivity contribution in [3.63, 3.8) is 0 Å². The number of benzene rings is 3. The summed E-state index contributed by atoms with van der Waals surface area (Å²) >= 11 is 7.42. The molecule has 7 nitrogen and oxygen atoms in total. The standard InChI is InChI=1S/C29H23ClN2O5S/c1-3-36-20-9-10-21-23(14-20)38-29(31-21)32-25(16-4-7-19(30)8-5-16)24(27(34)28(32)35)26(33)17-6-11-22-18(13-17)12-15(2)37-22/h4-11,13-15,25,33H,3,12H2,1-2H3/t15-,25-/m0/s1. The maximum absolute atomic E-state index is 13.5. The van der Waals surface area contributed by atoms with Crippen molar-refractivity contribution in [2.45, 2.75) is 32.4 Å². The quantitative estimate of drug-likeness (QED) is 0.179. The Labute approximate surface area is 227 Å². The van der Waals surface area contributed by atoms with Gasteiger partial charge in [0, 0.05) is 17.0 Å². The summed E-state index contributed by atoms with van der Waals surface area (Å²) in [4.78, 5) is 33.0. The molecule has 0 radical (unpaired) electrons. The Morgan fingerprint density at radius 3 is 2.71 bits per heavy atom. The van der Waals surface area contributed by atoms with Gasteiger partial charge in [0.05, 0.1) is 28.4 Å². The minimum Gasteiger partial charge on any atom is -0.507 e. The van der Waals surface area contributed by atoms with Gasteiger partial charge in [-0.3, -0.25) is 14.5 Å². The molecule has 1 fully saturated rings. The summed E-state index contributed by atoms with van der Waals surface area (Å²) in [7, 11) is 0. The number of nitrogens with zero attached hydrogens (tertiary/aromatic N) is 2. The zero-order valence-electron chi connectivity index (χ0n) is 20.6. The summed E-state index contributed by atoms with van der Waals surface area (Å²) in [6.45, 7) is 4.40. The summed E-state index contributed by atoms with van der Waals surface area (Å²) in [5.41, 5.74) is 2.69. The average Bonchev–Trinajstić information content (AvgIpc) is 3.56. The fraction of sp³-hybridized carbons (Fsp3) is 0.207. The number of anilines is 1. The van der Waals surface area contributed by atoms with Crippen molar-refractivity contribution >= 4 is 55.7 Å². The predicted octanol–water partition coefficient (Wildman–Crippen LogP) is 6.30. The van der Waals surface area contributed by atoms with Crippen LogP contribution in [0.15, 0.2) is 66.2 Å². The van der Waals surface area contributed by atoms with Gasteiger partial charge in [-0.25, -0.2) is 4.98 Å². The summed E-state index contributed by atoms with van der Waals surface area (Å²) in [6, 6.07) is 16.8. The van der Waals surface area contributed by atoms with E-state index in [2.05, 4.69) is 4.98 Å². The topological polar surface area (TPSA) is 89.0 Å². The highest BCUT2D eigenvalue weighted by molar-refractivity contribution is 7.22. The Morgan fingerprint density at radius 1 is 1.16 bits per heavy atom. The Morgan fingerprint density at radius 2 is 1.95 bits per heavy atom. The molecule has 38 heavy (non-hydrogen) atoms. The first-order chi connectivity index (χ1) is 18.3. The van der Waals surface area contributed by atoms with E-state index in [1.807, 2.05) is 38.1 Å². The number of ketones is 1. The number of hydrogen-bond acceptors (Lipinski definition) is 7. The van der Waals surface area contributed by atoms with Crippen molar-refractivity contribution in [3.8, 4) is 11.5 Å². The second-order valence-electron chi connectivity index (χ2n) is 9.23. The van der Waals surface area contributed by atoms with Crippen LogP contribution in [-0.4, -0.2) is 34.5 Å². The number of carbonyl (C=O) groups is 2. The van der Waals surface area contributed by atoms with Gasteiger partial charge in [0.2, 0.25) is 0 Å². The van der Waals surface area contributed by atoms with Crippen molar-refractivity contribution in [1.29, 1.82) is 0 Å². The summed E-state index contributed by atoms with van der Waals surface area (Å²) in [5, 5.41) is 12.3. The third-order valence-corrected chi connectivity index (χ3v) is 7.93. The fourth-order valence-electron chi connectivity index (χ4n) is 4.97. The molecule has 3 heterocycles. The third-order valence-electron chi connectivity index (χ3n) is 6.67. The number of amides is 1. The summed E-state index contributed by atoms with van der Waals surface area (Å²) < 4.78 is 12.2. The van der Waals surface area contributed by atoms with E-state index < -0.39 is 17.7 Å². The molecule has 2 atom stereocenters. The molecule has 1 amide bonds. The molecule has 0 bridgehead atoms. The second kappa shape index (κ2) is 9.45. The van der Waals surface area contributed by atoms with E-state index >= 15 is 0 Å². The van der Waals surface area contributed by atoms with E-state index in [-0.39, 0.29) is 17.4 Å². The predicted molar refractivity (Wildman–Crippen MR) is 147 cm³/mol. The third kappa shape index (κ3) is 4.10. The molecule has 0 unspecified atom stereocenters. The van der Waals surface area contributed by atoms with Crippen LogP contribution in [0.4, 0.5) is 5.13 Å². The fourth-order valence-corrected chi connectivity index (χ4v) is 6.11. The average molecular weight is 547 g/mol. The lowest BCUT2D eigenvalue weighted by molar-refractivity contribution is -0.132. The molecule has 1 N–H and O–H groups in total. The SMILES string of the molecule is CCOc1ccc2nc(N3C(=O)C(=O)C(=C(O)c4ccc5c(c4)C[C@H](C)O5)[C@@H]3c3ccc(Cl)cc3)sc2c1. The number of aromatic nitrogens is 1. The monoisotopic (exact) mass is 546 g/mol. The molecule has 0 aliphatic carbocycles. The van der Waals surface area contributed by atoms with E-state index in [1.165, 1.54) is 16.2 Å². The highest BCUT2D eigenvalue weighted by Crippen LogP contribution is 2.45. The molecule has 0 saturated carbocycles. The second-order valence-corrected chi connectivity index (χ2v) is 10.7. The van der Waals surface area contributed by atoms with Gasteiger partial charge < -0.3 is 14.6 Å². The normalized spacial score (nSPS) is 20.1. The van der Waals surface area contributed by atoms with Crippen molar-refractivity contribution in [2.75, 3.05) is 11.5 Å². The smallest absolute Gasteiger partial charge is 0.301 e. The van der Waals surface area contributed by atoms with Crippen LogP contribution in [0.1, 0.15) is 36.6 Å². The highest BCUT2D eigenvalue weighted by atomic mass is 35.5. The minimum absolute atomic E-state index is 0.00139. The number of hydrogen-bond donors (Lipinski definition) is 1. The van der Waals surface area contributed by atoms with Gasteiger partial charge in [-0.15, -0.1) is 0 Å². The maximum atomic E-state index is 13.5. The molecular formula is C29H23ClN2O5S. The van der Waals surface area contributed by atoms with E-state index in [9.17, 15) is 14.7 Å². The number of aliphatic hydroxyl groups excluding tert-OH is 1. The number of fused-ring (bicyclic) bond motifs is 2. The van der Waals surface area contributed by atoms with Gasteiger partial charge in [0.1, 0.15) is 23.4 Å². The van der Waals surface area contributed by atoms with Crippen LogP contribution >= 0.6 is 22.9 Å². The lowest BCUT2D eigenvalue weighted by Gasteiger charge is -2.23. The Bertz CT molecular complexity index is 1630. The van der Waals surface area contributed by atoms with E-state index in [4.69, 9.17) is 21.1 Å². The molecule has 1 saturated heterocycles. The van der Waals surface area contributed by atoms with E-state index in [0.29, 0.717) is 45.6 Å². The Balaban J connectivity index is 1.50.